The molecule has 0 heterocycles. The van der Waals surface area contributed by atoms with E-state index in [0.717, 1.165) is 12.8 Å². The standard InChI is InChI=1S/C17H27NO4/c1-4-5-6-7-13-12(8-9-14(13)19)10-15(20)18-16(11(2)3)17(21)22/h5-6,11-13,16H,4,7-10H2,1-3H3,(H,18,20)(H,21,22)/b6-5-/t12?,13?,16-/m0/s1. The van der Waals surface area contributed by atoms with Crippen LogP contribution in [0.5, 0.6) is 0 Å². The van der Waals surface area contributed by atoms with Crippen LogP contribution in [-0.2, 0) is 14.4 Å². The summed E-state index contributed by atoms with van der Waals surface area (Å²) in [6.45, 7) is 5.56. The highest BCUT2D eigenvalue weighted by Gasteiger charge is 2.35. The Kier molecular flexibility index (Phi) is 7.28. The molecule has 0 aromatic heterocycles. The van der Waals surface area contributed by atoms with Crippen LogP contribution in [0.4, 0.5) is 0 Å². The van der Waals surface area contributed by atoms with Crippen molar-refractivity contribution < 1.29 is 19.5 Å². The minimum Gasteiger partial charge on any atom is -0.480 e. The van der Waals surface area contributed by atoms with Crippen molar-refractivity contribution in [2.45, 2.75) is 58.9 Å². The van der Waals surface area contributed by atoms with E-state index in [1.807, 2.05) is 19.1 Å². The van der Waals surface area contributed by atoms with Gasteiger partial charge in [-0.3, -0.25) is 9.59 Å². The number of hydrogen-bond donors (Lipinski definition) is 2. The van der Waals surface area contributed by atoms with Crippen LogP contribution in [0.25, 0.3) is 0 Å². The number of carboxylic acid groups (broad SMARTS) is 1. The molecule has 1 rings (SSSR count). The van der Waals surface area contributed by atoms with Crippen molar-refractivity contribution in [3.63, 3.8) is 0 Å². The largest absolute Gasteiger partial charge is 0.480 e. The van der Waals surface area contributed by atoms with Gasteiger partial charge in [0.25, 0.3) is 0 Å². The number of amides is 1. The van der Waals surface area contributed by atoms with Gasteiger partial charge < -0.3 is 10.4 Å². The van der Waals surface area contributed by atoms with Crippen molar-refractivity contribution >= 4 is 17.7 Å². The second kappa shape index (κ2) is 8.71. The molecule has 2 unspecified atom stereocenters. The van der Waals surface area contributed by atoms with Gasteiger partial charge in [0.1, 0.15) is 11.8 Å². The van der Waals surface area contributed by atoms with Crippen molar-refractivity contribution in [2.75, 3.05) is 0 Å². The third-order valence-corrected chi connectivity index (χ3v) is 4.23. The van der Waals surface area contributed by atoms with Gasteiger partial charge in [0.05, 0.1) is 0 Å². The third kappa shape index (κ3) is 5.28. The highest BCUT2D eigenvalue weighted by atomic mass is 16.4. The lowest BCUT2D eigenvalue weighted by Gasteiger charge is -2.21. The maximum Gasteiger partial charge on any atom is 0.326 e. The van der Waals surface area contributed by atoms with Gasteiger partial charge in [-0.1, -0.05) is 32.9 Å². The summed E-state index contributed by atoms with van der Waals surface area (Å²) in [6, 6.07) is -0.872. The number of ketones is 1. The van der Waals surface area contributed by atoms with E-state index in [4.69, 9.17) is 5.11 Å². The van der Waals surface area contributed by atoms with E-state index in [0.29, 0.717) is 12.8 Å². The summed E-state index contributed by atoms with van der Waals surface area (Å²) in [5, 5.41) is 11.7. The van der Waals surface area contributed by atoms with Crippen LogP contribution >= 0.6 is 0 Å². The molecule has 0 saturated heterocycles. The van der Waals surface area contributed by atoms with E-state index in [1.165, 1.54) is 0 Å². The molecule has 2 N–H and O–H groups in total. The monoisotopic (exact) mass is 309 g/mol. The van der Waals surface area contributed by atoms with Gasteiger partial charge in [0, 0.05) is 18.8 Å². The van der Waals surface area contributed by atoms with Crippen LogP contribution < -0.4 is 5.32 Å². The fraction of sp³-hybridized carbons (Fsp3) is 0.706. The molecule has 1 aliphatic carbocycles. The first-order valence-corrected chi connectivity index (χ1v) is 8.06. The zero-order chi connectivity index (χ0) is 16.7. The highest BCUT2D eigenvalue weighted by molar-refractivity contribution is 5.87. The number of carbonyl (C=O) groups excluding carboxylic acids is 2. The number of aliphatic carboxylic acids is 1. The first kappa shape index (κ1) is 18.4. The number of carboxylic acids is 1. The van der Waals surface area contributed by atoms with Gasteiger partial charge in [-0.05, 0) is 31.1 Å². The quantitative estimate of drug-likeness (QED) is 0.675. The SMILES string of the molecule is CC/C=C\CC1C(=O)CCC1CC(=O)N[C@H](C(=O)O)C(C)C. The van der Waals surface area contributed by atoms with Crippen molar-refractivity contribution in [2.24, 2.45) is 17.8 Å². The van der Waals surface area contributed by atoms with E-state index >= 15 is 0 Å². The second-order valence-corrected chi connectivity index (χ2v) is 6.32. The Morgan fingerprint density at radius 3 is 2.59 bits per heavy atom. The number of nitrogens with one attached hydrogen (secondary N) is 1. The van der Waals surface area contributed by atoms with Crippen LogP contribution in [0.15, 0.2) is 12.2 Å². The summed E-state index contributed by atoms with van der Waals surface area (Å²) in [5.74, 6) is -1.32. The minimum atomic E-state index is -1.02. The third-order valence-electron chi connectivity index (χ3n) is 4.23. The van der Waals surface area contributed by atoms with Gasteiger partial charge in [-0.15, -0.1) is 0 Å². The minimum absolute atomic E-state index is 0.0237. The molecular formula is C17H27NO4. The van der Waals surface area contributed by atoms with Crippen molar-refractivity contribution in [1.82, 2.24) is 5.32 Å². The Bertz CT molecular complexity index is 442. The molecule has 124 valence electrons. The van der Waals surface area contributed by atoms with Crippen LogP contribution in [0.1, 0.15) is 52.9 Å². The van der Waals surface area contributed by atoms with Gasteiger partial charge in [0.2, 0.25) is 5.91 Å². The maximum absolute atomic E-state index is 12.1. The molecule has 0 bridgehead atoms. The van der Waals surface area contributed by atoms with Gasteiger partial charge in [-0.25, -0.2) is 4.79 Å². The molecule has 3 atom stereocenters. The van der Waals surface area contributed by atoms with Crippen LogP contribution in [0.2, 0.25) is 0 Å². The zero-order valence-electron chi connectivity index (χ0n) is 13.7. The lowest BCUT2D eigenvalue weighted by atomic mass is 9.89. The summed E-state index contributed by atoms with van der Waals surface area (Å²) >= 11 is 0. The fourth-order valence-corrected chi connectivity index (χ4v) is 2.94. The number of carbonyl (C=O) groups is 3. The molecule has 1 aliphatic rings. The molecule has 0 aromatic rings. The van der Waals surface area contributed by atoms with Gasteiger partial charge in [-0.2, -0.15) is 0 Å². The molecular weight excluding hydrogens is 282 g/mol. The van der Waals surface area contributed by atoms with E-state index in [2.05, 4.69) is 5.32 Å². The Balaban J connectivity index is 2.60. The predicted octanol–water partition coefficient (Wildman–Crippen LogP) is 2.55. The molecule has 1 saturated carbocycles. The van der Waals surface area contributed by atoms with Crippen LogP contribution in [0.3, 0.4) is 0 Å². The molecule has 5 heteroatoms. The smallest absolute Gasteiger partial charge is 0.326 e. The Labute approximate surface area is 132 Å². The number of allylic oxidation sites excluding steroid dienone is 2. The van der Waals surface area contributed by atoms with Crippen LogP contribution in [-0.4, -0.2) is 28.8 Å². The summed E-state index contributed by atoms with van der Waals surface area (Å²) in [5.41, 5.74) is 0. The second-order valence-electron chi connectivity index (χ2n) is 6.32. The predicted molar refractivity (Wildman–Crippen MR) is 84.3 cm³/mol. The van der Waals surface area contributed by atoms with Crippen molar-refractivity contribution in [3.05, 3.63) is 12.2 Å². The highest BCUT2D eigenvalue weighted by Crippen LogP contribution is 2.34. The number of Topliss-reactive ketones (excluding diaryl/α,β-unsaturated/α-hetero) is 1. The summed E-state index contributed by atoms with van der Waals surface area (Å²) in [6.07, 6.45) is 7.12. The number of rotatable bonds is 8. The molecule has 1 amide bonds. The zero-order valence-corrected chi connectivity index (χ0v) is 13.7. The lowest BCUT2D eigenvalue weighted by molar-refractivity contribution is -0.143. The normalized spacial score (nSPS) is 23.2. The molecule has 0 aliphatic heterocycles. The molecule has 0 radical (unpaired) electrons. The molecule has 5 nitrogen and oxygen atoms in total. The number of hydrogen-bond acceptors (Lipinski definition) is 3. The maximum atomic E-state index is 12.1. The van der Waals surface area contributed by atoms with Crippen LogP contribution in [0, 0.1) is 17.8 Å². The topological polar surface area (TPSA) is 83.5 Å². The summed E-state index contributed by atoms with van der Waals surface area (Å²) in [7, 11) is 0. The van der Waals surface area contributed by atoms with E-state index < -0.39 is 12.0 Å². The van der Waals surface area contributed by atoms with E-state index in [1.54, 1.807) is 13.8 Å². The fourth-order valence-electron chi connectivity index (χ4n) is 2.94. The first-order valence-electron chi connectivity index (χ1n) is 8.06. The molecule has 0 spiro atoms. The summed E-state index contributed by atoms with van der Waals surface area (Å²) in [4.78, 5) is 35.2. The van der Waals surface area contributed by atoms with Crippen molar-refractivity contribution in [3.8, 4) is 0 Å². The summed E-state index contributed by atoms with van der Waals surface area (Å²) < 4.78 is 0. The first-order chi connectivity index (χ1) is 10.4. The lowest BCUT2D eigenvalue weighted by Crippen LogP contribution is -2.45. The molecule has 22 heavy (non-hydrogen) atoms. The molecule has 0 aromatic carbocycles. The Hall–Kier alpha value is -1.65. The Morgan fingerprint density at radius 1 is 1.36 bits per heavy atom. The Morgan fingerprint density at radius 2 is 2.05 bits per heavy atom. The van der Waals surface area contributed by atoms with Gasteiger partial charge >= 0.3 is 5.97 Å². The average Bonchev–Trinajstić information content (AvgIpc) is 2.77. The van der Waals surface area contributed by atoms with E-state index in [-0.39, 0.29) is 35.9 Å². The molecule has 1 fully saturated rings. The van der Waals surface area contributed by atoms with Crippen molar-refractivity contribution in [1.29, 1.82) is 0 Å². The van der Waals surface area contributed by atoms with Gasteiger partial charge in [0.15, 0.2) is 0 Å². The van der Waals surface area contributed by atoms with E-state index in [9.17, 15) is 14.4 Å². The average molecular weight is 309 g/mol.